The zero-order chi connectivity index (χ0) is 13.1. The van der Waals surface area contributed by atoms with Gasteiger partial charge < -0.3 is 5.73 Å². The highest BCUT2D eigenvalue weighted by Crippen LogP contribution is 2.33. The summed E-state index contributed by atoms with van der Waals surface area (Å²) in [6, 6.07) is 10.5. The molecule has 1 nitrogen and oxygen atoms in total. The fourth-order valence-electron chi connectivity index (χ4n) is 1.60. The molecule has 1 unspecified atom stereocenters. The first-order valence-corrected chi connectivity index (χ1v) is 6.36. The van der Waals surface area contributed by atoms with Crippen LogP contribution in [0.5, 0.6) is 0 Å². The van der Waals surface area contributed by atoms with Crippen LogP contribution in [0.15, 0.2) is 52.3 Å². The van der Waals surface area contributed by atoms with Crippen LogP contribution in [0.25, 0.3) is 0 Å². The van der Waals surface area contributed by atoms with Crippen LogP contribution in [0.1, 0.15) is 18.5 Å². The zero-order valence-corrected chi connectivity index (χ0v) is 10.7. The minimum atomic E-state index is -0.300. The van der Waals surface area contributed by atoms with E-state index in [4.69, 9.17) is 5.73 Å². The zero-order valence-electron chi connectivity index (χ0n) is 9.86. The third-order valence-electron chi connectivity index (χ3n) is 2.50. The van der Waals surface area contributed by atoms with Crippen LogP contribution in [-0.4, -0.2) is 0 Å². The molecule has 2 rings (SSSR count). The van der Waals surface area contributed by atoms with E-state index in [9.17, 15) is 8.78 Å². The topological polar surface area (TPSA) is 26.0 Å². The molecular weight excluding hydrogens is 252 g/mol. The number of nitrogens with two attached hydrogens (primary N) is 1. The Morgan fingerprint density at radius 1 is 1.00 bits per heavy atom. The molecule has 1 atom stereocenters. The van der Waals surface area contributed by atoms with Crippen molar-refractivity contribution in [2.75, 3.05) is 0 Å². The smallest absolute Gasteiger partial charge is 0.123 e. The van der Waals surface area contributed by atoms with Gasteiger partial charge in [-0.1, -0.05) is 11.8 Å². The van der Waals surface area contributed by atoms with E-state index in [1.165, 1.54) is 36.0 Å². The Balaban J connectivity index is 2.31. The van der Waals surface area contributed by atoms with Crippen LogP contribution in [0.4, 0.5) is 8.78 Å². The fraction of sp³-hybridized carbons (Fsp3) is 0.143. The number of hydrogen-bond donors (Lipinski definition) is 1. The minimum absolute atomic E-state index is 0.247. The van der Waals surface area contributed by atoms with Gasteiger partial charge in [0.05, 0.1) is 0 Å². The van der Waals surface area contributed by atoms with Gasteiger partial charge in [-0.25, -0.2) is 8.78 Å². The average molecular weight is 265 g/mol. The monoisotopic (exact) mass is 265 g/mol. The summed E-state index contributed by atoms with van der Waals surface area (Å²) in [6.45, 7) is 1.81. The van der Waals surface area contributed by atoms with Crippen LogP contribution in [-0.2, 0) is 0 Å². The highest BCUT2D eigenvalue weighted by molar-refractivity contribution is 7.99. The van der Waals surface area contributed by atoms with Crippen molar-refractivity contribution in [3.8, 4) is 0 Å². The van der Waals surface area contributed by atoms with E-state index in [2.05, 4.69) is 0 Å². The van der Waals surface area contributed by atoms with Crippen molar-refractivity contribution < 1.29 is 8.78 Å². The molecule has 0 bridgehead atoms. The molecule has 2 aromatic rings. The lowest BCUT2D eigenvalue weighted by Gasteiger charge is -2.12. The molecule has 0 heterocycles. The van der Waals surface area contributed by atoms with Crippen LogP contribution >= 0.6 is 11.8 Å². The second kappa shape index (κ2) is 5.50. The summed E-state index contributed by atoms with van der Waals surface area (Å²) >= 11 is 1.45. The van der Waals surface area contributed by atoms with Crippen molar-refractivity contribution in [2.45, 2.75) is 22.8 Å². The largest absolute Gasteiger partial charge is 0.324 e. The molecule has 94 valence electrons. The lowest BCUT2D eigenvalue weighted by molar-refractivity contribution is 0.619. The summed E-state index contributed by atoms with van der Waals surface area (Å²) in [5.74, 6) is -0.573. The standard InChI is InChI=1S/C14H13F2NS/c1-9(17)13-8-11(16)4-7-14(13)18-12-5-2-10(15)3-6-12/h2-9H,17H2,1H3. The van der Waals surface area contributed by atoms with Gasteiger partial charge in [0.15, 0.2) is 0 Å². The summed E-state index contributed by atoms with van der Waals surface area (Å²) in [5, 5.41) is 0. The average Bonchev–Trinajstić information content (AvgIpc) is 2.34. The minimum Gasteiger partial charge on any atom is -0.324 e. The normalized spacial score (nSPS) is 12.4. The first kappa shape index (κ1) is 13.1. The molecule has 0 aliphatic heterocycles. The lowest BCUT2D eigenvalue weighted by Crippen LogP contribution is -2.06. The summed E-state index contributed by atoms with van der Waals surface area (Å²) in [6.07, 6.45) is 0. The molecule has 0 amide bonds. The fourth-order valence-corrected chi connectivity index (χ4v) is 2.62. The molecule has 0 saturated heterocycles. The Hall–Kier alpha value is -1.39. The van der Waals surface area contributed by atoms with Crippen molar-refractivity contribution in [3.05, 3.63) is 59.7 Å². The molecule has 0 radical (unpaired) electrons. The molecule has 2 aromatic carbocycles. The number of halogens is 2. The van der Waals surface area contributed by atoms with Gasteiger partial charge in [-0.05, 0) is 55.0 Å². The van der Waals surface area contributed by atoms with E-state index in [-0.39, 0.29) is 17.7 Å². The maximum absolute atomic E-state index is 13.2. The molecular formula is C14H13F2NS. The van der Waals surface area contributed by atoms with Gasteiger partial charge >= 0.3 is 0 Å². The molecule has 0 saturated carbocycles. The van der Waals surface area contributed by atoms with E-state index in [0.29, 0.717) is 0 Å². The summed E-state index contributed by atoms with van der Waals surface area (Å²) < 4.78 is 26.0. The van der Waals surface area contributed by atoms with E-state index >= 15 is 0 Å². The van der Waals surface area contributed by atoms with Crippen LogP contribution in [0.2, 0.25) is 0 Å². The molecule has 4 heteroatoms. The predicted molar refractivity (Wildman–Crippen MR) is 69.5 cm³/mol. The lowest BCUT2D eigenvalue weighted by atomic mass is 10.1. The number of benzene rings is 2. The molecule has 2 N–H and O–H groups in total. The van der Waals surface area contributed by atoms with Crippen molar-refractivity contribution in [2.24, 2.45) is 5.73 Å². The Morgan fingerprint density at radius 2 is 1.61 bits per heavy atom. The first-order valence-electron chi connectivity index (χ1n) is 5.54. The SMILES string of the molecule is CC(N)c1cc(F)ccc1Sc1ccc(F)cc1. The second-order valence-corrected chi connectivity index (χ2v) is 5.14. The molecule has 18 heavy (non-hydrogen) atoms. The van der Waals surface area contributed by atoms with E-state index in [1.54, 1.807) is 18.2 Å². The van der Waals surface area contributed by atoms with Gasteiger partial charge in [-0.3, -0.25) is 0 Å². The summed E-state index contributed by atoms with van der Waals surface area (Å²) in [4.78, 5) is 1.78. The van der Waals surface area contributed by atoms with Crippen molar-refractivity contribution in [1.29, 1.82) is 0 Å². The third kappa shape index (κ3) is 3.09. The van der Waals surface area contributed by atoms with Gasteiger partial charge in [0, 0.05) is 15.8 Å². The molecule has 0 spiro atoms. The van der Waals surface area contributed by atoms with E-state index in [1.807, 2.05) is 6.92 Å². The molecule has 0 fully saturated rings. The Morgan fingerprint density at radius 3 is 2.22 bits per heavy atom. The van der Waals surface area contributed by atoms with Crippen molar-refractivity contribution in [1.82, 2.24) is 0 Å². The quantitative estimate of drug-likeness (QED) is 0.902. The second-order valence-electron chi connectivity index (χ2n) is 4.03. The predicted octanol–water partition coefficient (Wildman–Crippen LogP) is 4.14. The van der Waals surface area contributed by atoms with E-state index in [0.717, 1.165) is 15.4 Å². The Bertz CT molecular complexity index is 538. The van der Waals surface area contributed by atoms with Crippen LogP contribution in [0.3, 0.4) is 0 Å². The highest BCUT2D eigenvalue weighted by Gasteiger charge is 2.09. The first-order chi connectivity index (χ1) is 8.56. The molecule has 0 aromatic heterocycles. The maximum Gasteiger partial charge on any atom is 0.123 e. The van der Waals surface area contributed by atoms with Gasteiger partial charge in [-0.2, -0.15) is 0 Å². The summed E-state index contributed by atoms with van der Waals surface area (Å²) in [5.41, 5.74) is 6.58. The van der Waals surface area contributed by atoms with E-state index < -0.39 is 0 Å². The van der Waals surface area contributed by atoms with Gasteiger partial charge in [0.1, 0.15) is 11.6 Å². The summed E-state index contributed by atoms with van der Waals surface area (Å²) in [7, 11) is 0. The number of hydrogen-bond acceptors (Lipinski definition) is 2. The van der Waals surface area contributed by atoms with Gasteiger partial charge in [0.2, 0.25) is 0 Å². The third-order valence-corrected chi connectivity index (χ3v) is 3.60. The van der Waals surface area contributed by atoms with Crippen LogP contribution < -0.4 is 5.73 Å². The Labute approximate surface area is 109 Å². The molecule has 0 aliphatic carbocycles. The van der Waals surface area contributed by atoms with Gasteiger partial charge in [-0.15, -0.1) is 0 Å². The van der Waals surface area contributed by atoms with Crippen LogP contribution in [0, 0.1) is 11.6 Å². The van der Waals surface area contributed by atoms with Crippen molar-refractivity contribution >= 4 is 11.8 Å². The number of rotatable bonds is 3. The van der Waals surface area contributed by atoms with Gasteiger partial charge in [0.25, 0.3) is 0 Å². The molecule has 0 aliphatic rings. The van der Waals surface area contributed by atoms with Crippen molar-refractivity contribution in [3.63, 3.8) is 0 Å². The Kier molecular flexibility index (Phi) is 3.99. The highest BCUT2D eigenvalue weighted by atomic mass is 32.2. The maximum atomic E-state index is 13.2.